The molecule has 0 saturated carbocycles. The number of carbonyl (C=O) groups is 1. The number of hydrogen-bond donors (Lipinski definition) is 1. The lowest BCUT2D eigenvalue weighted by atomic mass is 10.0. The quantitative estimate of drug-likeness (QED) is 0.770. The lowest BCUT2D eigenvalue weighted by Gasteiger charge is -2.16. The van der Waals surface area contributed by atoms with Crippen LogP contribution in [0.3, 0.4) is 0 Å². The Morgan fingerprint density at radius 3 is 2.00 bits per heavy atom. The second-order valence-corrected chi connectivity index (χ2v) is 3.75. The molecule has 0 saturated heterocycles. The first-order chi connectivity index (χ1) is 9.07. The van der Waals surface area contributed by atoms with Crippen LogP contribution in [0.25, 0.3) is 0 Å². The second-order valence-electron chi connectivity index (χ2n) is 3.75. The van der Waals surface area contributed by atoms with Gasteiger partial charge in [0.1, 0.15) is 17.2 Å². The van der Waals surface area contributed by atoms with Crippen LogP contribution >= 0.6 is 0 Å². The van der Waals surface area contributed by atoms with Gasteiger partial charge < -0.3 is 24.1 Å². The van der Waals surface area contributed by atoms with Crippen LogP contribution < -0.4 is 14.2 Å². The molecule has 6 nitrogen and oxygen atoms in total. The minimum absolute atomic E-state index is 0.0308. The summed E-state index contributed by atoms with van der Waals surface area (Å²) in [5.74, 6) is 0.795. The molecule has 0 aliphatic rings. The van der Waals surface area contributed by atoms with E-state index in [1.807, 2.05) is 0 Å². The molecule has 1 rings (SSSR count). The summed E-state index contributed by atoms with van der Waals surface area (Å²) in [6.45, 7) is 0. The summed E-state index contributed by atoms with van der Waals surface area (Å²) in [5, 5.41) is 9.72. The maximum absolute atomic E-state index is 11.3. The number of methoxy groups -OCH3 is 4. The van der Waals surface area contributed by atoms with Gasteiger partial charge >= 0.3 is 5.97 Å². The average Bonchev–Trinajstić information content (AvgIpc) is 2.45. The van der Waals surface area contributed by atoms with Gasteiger partial charge in [0.25, 0.3) is 0 Å². The normalized spacial score (nSPS) is 11.6. The largest absolute Gasteiger partial charge is 0.496 e. The van der Waals surface area contributed by atoms with Crippen molar-refractivity contribution in [3.63, 3.8) is 0 Å². The molecule has 19 heavy (non-hydrogen) atoms. The molecule has 0 fully saturated rings. The predicted octanol–water partition coefficient (Wildman–Crippen LogP) is 0.789. The molecule has 106 valence electrons. The van der Waals surface area contributed by atoms with Gasteiger partial charge in [0.05, 0.1) is 28.4 Å². The molecular weight excluding hydrogens is 252 g/mol. The Morgan fingerprint density at radius 2 is 1.63 bits per heavy atom. The van der Waals surface area contributed by atoms with Gasteiger partial charge in [-0.05, 0) is 0 Å². The van der Waals surface area contributed by atoms with E-state index in [0.717, 1.165) is 0 Å². The van der Waals surface area contributed by atoms with Gasteiger partial charge in [-0.3, -0.25) is 0 Å². The van der Waals surface area contributed by atoms with E-state index in [1.54, 1.807) is 12.1 Å². The molecule has 0 spiro atoms. The Morgan fingerprint density at radius 1 is 1.11 bits per heavy atom. The fraction of sp³-hybridized carbons (Fsp3) is 0.462. The molecule has 0 aromatic heterocycles. The highest BCUT2D eigenvalue weighted by Crippen LogP contribution is 2.34. The Labute approximate surface area is 111 Å². The first-order valence-electron chi connectivity index (χ1n) is 5.62. The third-order valence-electron chi connectivity index (χ3n) is 2.69. The van der Waals surface area contributed by atoms with Crippen LogP contribution in [0.1, 0.15) is 5.56 Å². The standard InChI is InChI=1S/C13H18O6/c1-16-8-5-11(17-2)9(12(6-8)18-3)7-10(14)13(15)19-4/h5-6,10,14H,7H2,1-4H3. The lowest BCUT2D eigenvalue weighted by Crippen LogP contribution is -2.24. The number of aliphatic hydroxyl groups is 1. The molecule has 1 atom stereocenters. The van der Waals surface area contributed by atoms with E-state index in [1.165, 1.54) is 28.4 Å². The molecule has 0 bridgehead atoms. The molecule has 1 unspecified atom stereocenters. The summed E-state index contributed by atoms with van der Waals surface area (Å²) in [6, 6.07) is 3.31. The summed E-state index contributed by atoms with van der Waals surface area (Å²) >= 11 is 0. The summed E-state index contributed by atoms with van der Waals surface area (Å²) < 4.78 is 20.0. The Kier molecular flexibility index (Phi) is 5.44. The van der Waals surface area contributed by atoms with Crippen molar-refractivity contribution < 1.29 is 28.8 Å². The van der Waals surface area contributed by atoms with Crippen molar-refractivity contribution in [3.05, 3.63) is 17.7 Å². The number of carbonyl (C=O) groups excluding carboxylic acids is 1. The number of rotatable bonds is 6. The molecule has 0 radical (unpaired) electrons. The Hall–Kier alpha value is -1.95. The first kappa shape index (κ1) is 15.1. The van der Waals surface area contributed by atoms with Crippen molar-refractivity contribution in [2.45, 2.75) is 12.5 Å². The van der Waals surface area contributed by atoms with Crippen molar-refractivity contribution in [2.24, 2.45) is 0 Å². The molecule has 1 aromatic rings. The highest BCUT2D eigenvalue weighted by molar-refractivity contribution is 5.75. The number of hydrogen-bond acceptors (Lipinski definition) is 6. The van der Waals surface area contributed by atoms with E-state index in [4.69, 9.17) is 14.2 Å². The van der Waals surface area contributed by atoms with Crippen molar-refractivity contribution in [1.82, 2.24) is 0 Å². The molecule has 0 aliphatic carbocycles. The summed E-state index contributed by atoms with van der Waals surface area (Å²) in [5.41, 5.74) is 0.573. The van der Waals surface area contributed by atoms with Gasteiger partial charge in [-0.2, -0.15) is 0 Å². The topological polar surface area (TPSA) is 74.2 Å². The zero-order valence-corrected chi connectivity index (χ0v) is 11.4. The van der Waals surface area contributed by atoms with E-state index in [0.29, 0.717) is 22.8 Å². The number of ether oxygens (including phenoxy) is 4. The number of aliphatic hydroxyl groups excluding tert-OH is 1. The Balaban J connectivity index is 3.13. The average molecular weight is 270 g/mol. The fourth-order valence-electron chi connectivity index (χ4n) is 1.69. The van der Waals surface area contributed by atoms with Gasteiger partial charge in [0, 0.05) is 24.1 Å². The highest BCUT2D eigenvalue weighted by atomic mass is 16.5. The van der Waals surface area contributed by atoms with E-state index in [-0.39, 0.29) is 6.42 Å². The first-order valence-corrected chi connectivity index (χ1v) is 5.62. The third-order valence-corrected chi connectivity index (χ3v) is 2.69. The molecular formula is C13H18O6. The zero-order chi connectivity index (χ0) is 14.4. The van der Waals surface area contributed by atoms with Crippen LogP contribution in [-0.4, -0.2) is 45.6 Å². The van der Waals surface area contributed by atoms with Gasteiger partial charge in [-0.25, -0.2) is 4.79 Å². The highest BCUT2D eigenvalue weighted by Gasteiger charge is 2.22. The van der Waals surface area contributed by atoms with Crippen LogP contribution in [0.15, 0.2) is 12.1 Å². The van der Waals surface area contributed by atoms with Crippen LogP contribution in [0.5, 0.6) is 17.2 Å². The fourth-order valence-corrected chi connectivity index (χ4v) is 1.69. The summed E-state index contributed by atoms with van der Waals surface area (Å²) in [6.07, 6.45) is -1.25. The van der Waals surface area contributed by atoms with E-state index in [9.17, 15) is 9.90 Å². The maximum Gasteiger partial charge on any atom is 0.335 e. The summed E-state index contributed by atoms with van der Waals surface area (Å²) in [4.78, 5) is 11.3. The SMILES string of the molecule is COC(=O)C(O)Cc1c(OC)cc(OC)cc1OC. The van der Waals surface area contributed by atoms with Crippen molar-refractivity contribution >= 4 is 5.97 Å². The van der Waals surface area contributed by atoms with E-state index in [2.05, 4.69) is 4.74 Å². The minimum atomic E-state index is -1.28. The minimum Gasteiger partial charge on any atom is -0.496 e. The van der Waals surface area contributed by atoms with Gasteiger partial charge in [-0.15, -0.1) is 0 Å². The van der Waals surface area contributed by atoms with Crippen molar-refractivity contribution in [1.29, 1.82) is 0 Å². The van der Waals surface area contributed by atoms with Gasteiger partial charge in [-0.1, -0.05) is 0 Å². The third kappa shape index (κ3) is 3.51. The van der Waals surface area contributed by atoms with Crippen molar-refractivity contribution in [2.75, 3.05) is 28.4 Å². The monoisotopic (exact) mass is 270 g/mol. The predicted molar refractivity (Wildman–Crippen MR) is 67.8 cm³/mol. The van der Waals surface area contributed by atoms with E-state index >= 15 is 0 Å². The molecule has 0 aliphatic heterocycles. The summed E-state index contributed by atoms with van der Waals surface area (Å²) in [7, 11) is 5.72. The Bertz CT molecular complexity index is 418. The molecule has 1 aromatic carbocycles. The zero-order valence-electron chi connectivity index (χ0n) is 11.4. The number of esters is 1. The number of benzene rings is 1. The lowest BCUT2D eigenvalue weighted by molar-refractivity contribution is -0.150. The molecule has 6 heteroatoms. The molecule has 0 heterocycles. The molecule has 1 N–H and O–H groups in total. The smallest absolute Gasteiger partial charge is 0.335 e. The van der Waals surface area contributed by atoms with Crippen LogP contribution in [0.4, 0.5) is 0 Å². The van der Waals surface area contributed by atoms with E-state index < -0.39 is 12.1 Å². The van der Waals surface area contributed by atoms with Gasteiger partial charge in [0.15, 0.2) is 6.10 Å². The van der Waals surface area contributed by atoms with Crippen LogP contribution in [0, 0.1) is 0 Å². The van der Waals surface area contributed by atoms with Crippen LogP contribution in [0.2, 0.25) is 0 Å². The van der Waals surface area contributed by atoms with Crippen molar-refractivity contribution in [3.8, 4) is 17.2 Å². The molecule has 0 amide bonds. The van der Waals surface area contributed by atoms with Crippen LogP contribution in [-0.2, 0) is 16.0 Å². The second kappa shape index (κ2) is 6.84. The van der Waals surface area contributed by atoms with Gasteiger partial charge in [0.2, 0.25) is 0 Å². The maximum atomic E-state index is 11.3.